The van der Waals surface area contributed by atoms with Crippen LogP contribution in [0.15, 0.2) is 70.9 Å². The predicted molar refractivity (Wildman–Crippen MR) is 166 cm³/mol. The van der Waals surface area contributed by atoms with Crippen LogP contribution in [-0.2, 0) is 11.4 Å². The van der Waals surface area contributed by atoms with Gasteiger partial charge in [0.2, 0.25) is 0 Å². The normalized spacial score (nSPS) is 17.1. The first-order valence-corrected chi connectivity index (χ1v) is 15.1. The average molecular weight is 592 g/mol. The fourth-order valence-corrected chi connectivity index (χ4v) is 6.24. The summed E-state index contributed by atoms with van der Waals surface area (Å²) in [5.74, 6) is 0.451. The minimum atomic E-state index is -0.430. The van der Waals surface area contributed by atoms with Gasteiger partial charge in [-0.05, 0) is 81.1 Å². The lowest BCUT2D eigenvalue weighted by atomic mass is 10.1. The molecule has 2 aromatic heterocycles. The molecule has 41 heavy (non-hydrogen) atoms. The number of likely N-dealkylation sites (tertiary alicyclic amines) is 1. The fraction of sp³-hybridized carbons (Fsp3) is 0.323. The van der Waals surface area contributed by atoms with Crippen molar-refractivity contribution in [1.82, 2.24) is 15.2 Å². The third kappa shape index (κ3) is 7.35. The second kappa shape index (κ2) is 13.8. The molecule has 0 saturated carbocycles. The topological polar surface area (TPSA) is 110 Å². The average Bonchev–Trinajstić information content (AvgIpc) is 3.62. The minimum Gasteiger partial charge on any atom is -0.489 e. The van der Waals surface area contributed by atoms with Crippen LogP contribution in [0.2, 0.25) is 0 Å². The molecule has 214 valence electrons. The number of anilines is 2. The maximum Gasteiger partial charge on any atom is 0.254 e. The molecular formula is C31H34ClN5O3S. The number of rotatable bonds is 12. The highest BCUT2D eigenvalue weighted by Crippen LogP contribution is 2.33. The van der Waals surface area contributed by atoms with Gasteiger partial charge in [0.1, 0.15) is 24.5 Å². The molecular weight excluding hydrogens is 558 g/mol. The van der Waals surface area contributed by atoms with Crippen molar-refractivity contribution in [2.24, 2.45) is 5.92 Å². The number of aromatic nitrogens is 1. The second-order valence-electron chi connectivity index (χ2n) is 10.2. The van der Waals surface area contributed by atoms with Crippen molar-refractivity contribution in [1.29, 1.82) is 0 Å². The number of hydrogen-bond donors (Lipinski definition) is 3. The van der Waals surface area contributed by atoms with Crippen molar-refractivity contribution >= 4 is 56.7 Å². The van der Waals surface area contributed by atoms with Crippen molar-refractivity contribution < 1.29 is 14.3 Å². The van der Waals surface area contributed by atoms with Crippen LogP contribution in [0.3, 0.4) is 0 Å². The highest BCUT2D eigenvalue weighted by atomic mass is 35.5. The summed E-state index contributed by atoms with van der Waals surface area (Å²) in [7, 11) is 0. The summed E-state index contributed by atoms with van der Waals surface area (Å²) >= 11 is 7.56. The number of nitrogen functional groups attached to an aromatic ring is 1. The molecule has 5 rings (SSSR count). The molecule has 3 heterocycles. The quantitative estimate of drug-likeness (QED) is 0.179. The van der Waals surface area contributed by atoms with Crippen LogP contribution in [0, 0.1) is 5.92 Å². The summed E-state index contributed by atoms with van der Waals surface area (Å²) in [6.07, 6.45) is 14.0. The van der Waals surface area contributed by atoms with E-state index in [4.69, 9.17) is 22.1 Å². The number of halogens is 1. The maximum atomic E-state index is 13.0. The minimum absolute atomic E-state index is 0.135. The number of amides is 1. The molecule has 10 heteroatoms. The number of fused-ring (bicyclic) bond motifs is 1. The fourth-order valence-electron chi connectivity index (χ4n) is 5.03. The number of ether oxygens (including phenoxy) is 1. The number of carbonyl (C=O) groups is 2. The number of hydrogen-bond acceptors (Lipinski definition) is 8. The van der Waals surface area contributed by atoms with Gasteiger partial charge in [-0.2, -0.15) is 0 Å². The zero-order valence-electron chi connectivity index (χ0n) is 22.8. The van der Waals surface area contributed by atoms with Gasteiger partial charge in [-0.1, -0.05) is 23.7 Å². The first-order chi connectivity index (χ1) is 20.0. The summed E-state index contributed by atoms with van der Waals surface area (Å²) in [5.41, 5.74) is 9.14. The lowest BCUT2D eigenvalue weighted by molar-refractivity contribution is -0.109. The van der Waals surface area contributed by atoms with Crippen molar-refractivity contribution in [3.05, 3.63) is 82.0 Å². The SMILES string of the molecule is Nc1ncc(C(=O)NCCCCN2CCCC2)c2scc(COc3cccc(NC4=CC=C(Cl)C=CC4C=O)c3)c12. The van der Waals surface area contributed by atoms with E-state index >= 15 is 0 Å². The third-order valence-corrected chi connectivity index (χ3v) is 8.55. The number of pyridine rings is 1. The zero-order valence-corrected chi connectivity index (χ0v) is 24.3. The van der Waals surface area contributed by atoms with E-state index in [9.17, 15) is 9.59 Å². The molecule has 4 N–H and O–H groups in total. The Morgan fingerprint density at radius 2 is 2.10 bits per heavy atom. The van der Waals surface area contributed by atoms with Gasteiger partial charge in [0, 0.05) is 46.2 Å². The molecule has 1 fully saturated rings. The molecule has 1 aliphatic carbocycles. The first-order valence-electron chi connectivity index (χ1n) is 13.9. The van der Waals surface area contributed by atoms with Crippen LogP contribution in [0.25, 0.3) is 10.1 Å². The smallest absolute Gasteiger partial charge is 0.254 e. The number of thiophene rings is 1. The van der Waals surface area contributed by atoms with Gasteiger partial charge in [0.25, 0.3) is 5.91 Å². The van der Waals surface area contributed by atoms with E-state index in [0.29, 0.717) is 34.4 Å². The number of unbranched alkanes of at least 4 members (excludes halogenated alkanes) is 1. The summed E-state index contributed by atoms with van der Waals surface area (Å²) in [6.45, 7) is 4.38. The first kappa shape index (κ1) is 28.9. The summed E-state index contributed by atoms with van der Waals surface area (Å²) in [4.78, 5) is 31.4. The van der Waals surface area contributed by atoms with Crippen molar-refractivity contribution in [2.75, 3.05) is 37.2 Å². The van der Waals surface area contributed by atoms with E-state index in [0.717, 1.165) is 47.0 Å². The van der Waals surface area contributed by atoms with Crippen LogP contribution < -0.4 is 21.1 Å². The van der Waals surface area contributed by atoms with Gasteiger partial charge >= 0.3 is 0 Å². The number of allylic oxidation sites excluding steroid dienone is 5. The Morgan fingerprint density at radius 1 is 1.24 bits per heavy atom. The number of nitrogens with two attached hydrogens (primary N) is 1. The summed E-state index contributed by atoms with van der Waals surface area (Å²) in [6, 6.07) is 7.49. The number of nitrogens with zero attached hydrogens (tertiary/aromatic N) is 2. The van der Waals surface area contributed by atoms with Crippen LogP contribution in [0.1, 0.15) is 41.6 Å². The number of benzene rings is 1. The van der Waals surface area contributed by atoms with E-state index in [-0.39, 0.29) is 12.5 Å². The molecule has 1 atom stereocenters. The van der Waals surface area contributed by atoms with E-state index in [1.165, 1.54) is 37.3 Å². The lowest BCUT2D eigenvalue weighted by Gasteiger charge is -2.15. The van der Waals surface area contributed by atoms with E-state index in [1.807, 2.05) is 29.6 Å². The number of carbonyl (C=O) groups excluding carboxylic acids is 2. The van der Waals surface area contributed by atoms with E-state index in [1.54, 1.807) is 30.5 Å². The van der Waals surface area contributed by atoms with Gasteiger partial charge in [-0.25, -0.2) is 4.98 Å². The van der Waals surface area contributed by atoms with Crippen molar-refractivity contribution in [2.45, 2.75) is 32.3 Å². The monoisotopic (exact) mass is 591 g/mol. The third-order valence-electron chi connectivity index (χ3n) is 7.24. The maximum absolute atomic E-state index is 13.0. The molecule has 3 aromatic rings. The second-order valence-corrected chi connectivity index (χ2v) is 11.5. The zero-order chi connectivity index (χ0) is 28.6. The predicted octanol–water partition coefficient (Wildman–Crippen LogP) is 5.87. The number of aldehydes is 1. The molecule has 8 nitrogen and oxygen atoms in total. The van der Waals surface area contributed by atoms with E-state index in [2.05, 4.69) is 20.5 Å². The Labute approximate surface area is 248 Å². The molecule has 1 amide bonds. The highest BCUT2D eigenvalue weighted by Gasteiger charge is 2.18. The summed E-state index contributed by atoms with van der Waals surface area (Å²) in [5, 5.41) is 9.60. The van der Waals surface area contributed by atoms with Crippen molar-refractivity contribution in [3.63, 3.8) is 0 Å². The van der Waals surface area contributed by atoms with Gasteiger partial charge in [-0.15, -0.1) is 11.3 Å². The Morgan fingerprint density at radius 3 is 2.93 bits per heavy atom. The van der Waals surface area contributed by atoms with Crippen LogP contribution in [0.4, 0.5) is 11.5 Å². The Balaban J connectivity index is 1.21. The molecule has 1 aromatic carbocycles. The Kier molecular flexibility index (Phi) is 9.71. The Hall–Kier alpha value is -3.66. The van der Waals surface area contributed by atoms with Gasteiger partial charge in [-0.3, -0.25) is 4.79 Å². The Bertz CT molecular complexity index is 1490. The van der Waals surface area contributed by atoms with Crippen LogP contribution in [-0.4, -0.2) is 48.3 Å². The standard InChI is InChI=1S/C31H34ClN5O3S/c32-23-9-8-21(18-38)27(11-10-23)36-24-6-5-7-25(16-24)40-19-22-20-41-29-26(17-35-30(33)28(22)29)31(39)34-12-1-2-13-37-14-3-4-15-37/h5-11,16-18,20-21,36H,1-4,12-15,19H2,(H2,33,35)(H,34,39). The summed E-state index contributed by atoms with van der Waals surface area (Å²) < 4.78 is 6.92. The van der Waals surface area contributed by atoms with Gasteiger partial charge < -0.3 is 30.8 Å². The largest absolute Gasteiger partial charge is 0.489 e. The lowest BCUT2D eigenvalue weighted by Crippen LogP contribution is -2.26. The van der Waals surface area contributed by atoms with Gasteiger partial charge in [0.05, 0.1) is 16.2 Å². The molecule has 0 spiro atoms. The van der Waals surface area contributed by atoms with Crippen LogP contribution >= 0.6 is 22.9 Å². The molecule has 1 aliphatic heterocycles. The molecule has 0 bridgehead atoms. The van der Waals surface area contributed by atoms with Gasteiger partial charge in [0.15, 0.2) is 0 Å². The molecule has 0 radical (unpaired) electrons. The molecule has 2 aliphatic rings. The van der Waals surface area contributed by atoms with Crippen LogP contribution in [0.5, 0.6) is 5.75 Å². The molecule has 1 unspecified atom stereocenters. The van der Waals surface area contributed by atoms with E-state index < -0.39 is 5.92 Å². The number of nitrogens with one attached hydrogen (secondary N) is 2. The highest BCUT2D eigenvalue weighted by molar-refractivity contribution is 7.17. The van der Waals surface area contributed by atoms with Crippen molar-refractivity contribution in [3.8, 4) is 5.75 Å². The molecule has 1 saturated heterocycles.